The maximum atomic E-state index is 8.79. The molecule has 0 fully saturated rings. The lowest BCUT2D eigenvalue weighted by atomic mass is 10.1. The van der Waals surface area contributed by atoms with Crippen molar-refractivity contribution in [3.05, 3.63) is 29.3 Å². The lowest BCUT2D eigenvalue weighted by Gasteiger charge is -2.11. The molecule has 0 aromatic heterocycles. The standard InChI is InChI=1S/C12H16N2S/c1-9-6-12(5-4-11(9)7-13)14-8-10(2)15-3/h4-6,10,14H,8H2,1-3H3. The molecule has 0 saturated heterocycles. The van der Waals surface area contributed by atoms with Gasteiger partial charge >= 0.3 is 0 Å². The maximum absolute atomic E-state index is 8.79. The first-order valence-electron chi connectivity index (χ1n) is 4.94. The van der Waals surface area contributed by atoms with Gasteiger partial charge in [0.25, 0.3) is 0 Å². The number of thioether (sulfide) groups is 1. The summed E-state index contributed by atoms with van der Waals surface area (Å²) in [7, 11) is 0. The highest BCUT2D eigenvalue weighted by Crippen LogP contribution is 2.15. The molecule has 1 atom stereocenters. The molecule has 3 heteroatoms. The van der Waals surface area contributed by atoms with E-state index in [1.165, 1.54) is 0 Å². The first-order chi connectivity index (χ1) is 7.17. The van der Waals surface area contributed by atoms with E-state index in [1.54, 1.807) is 0 Å². The molecule has 1 aromatic carbocycles. The molecular formula is C12H16N2S. The second kappa shape index (κ2) is 5.67. The summed E-state index contributed by atoms with van der Waals surface area (Å²) in [5.74, 6) is 0. The van der Waals surface area contributed by atoms with Gasteiger partial charge in [-0.15, -0.1) is 0 Å². The van der Waals surface area contributed by atoms with Crippen LogP contribution in [0.4, 0.5) is 5.69 Å². The molecule has 0 aliphatic heterocycles. The number of nitriles is 1. The van der Waals surface area contributed by atoms with Gasteiger partial charge in [-0.1, -0.05) is 6.92 Å². The van der Waals surface area contributed by atoms with E-state index in [-0.39, 0.29) is 0 Å². The third-order valence-corrected chi connectivity index (χ3v) is 3.31. The monoisotopic (exact) mass is 220 g/mol. The van der Waals surface area contributed by atoms with Gasteiger partial charge in [-0.25, -0.2) is 0 Å². The van der Waals surface area contributed by atoms with Crippen LogP contribution in [0.5, 0.6) is 0 Å². The summed E-state index contributed by atoms with van der Waals surface area (Å²) in [5, 5.41) is 12.7. The molecule has 0 heterocycles. The Kier molecular flexibility index (Phi) is 4.51. The molecule has 0 saturated carbocycles. The molecule has 1 unspecified atom stereocenters. The van der Waals surface area contributed by atoms with Crippen LogP contribution in [0.3, 0.4) is 0 Å². The van der Waals surface area contributed by atoms with E-state index >= 15 is 0 Å². The molecule has 0 amide bonds. The van der Waals surface area contributed by atoms with Gasteiger partial charge in [-0.05, 0) is 36.9 Å². The Balaban J connectivity index is 2.64. The molecule has 1 rings (SSSR count). The number of hydrogen-bond donors (Lipinski definition) is 1. The highest BCUT2D eigenvalue weighted by molar-refractivity contribution is 7.99. The third kappa shape index (κ3) is 3.49. The van der Waals surface area contributed by atoms with Gasteiger partial charge in [0.1, 0.15) is 0 Å². The zero-order valence-corrected chi connectivity index (χ0v) is 10.2. The highest BCUT2D eigenvalue weighted by atomic mass is 32.2. The van der Waals surface area contributed by atoms with Gasteiger partial charge in [-0.2, -0.15) is 17.0 Å². The van der Waals surface area contributed by atoms with E-state index in [9.17, 15) is 0 Å². The fraction of sp³-hybridized carbons (Fsp3) is 0.417. The largest absolute Gasteiger partial charge is 0.384 e. The SMILES string of the molecule is CSC(C)CNc1ccc(C#N)c(C)c1. The molecular weight excluding hydrogens is 204 g/mol. The van der Waals surface area contributed by atoms with Crippen LogP contribution < -0.4 is 5.32 Å². The first-order valence-corrected chi connectivity index (χ1v) is 6.23. The van der Waals surface area contributed by atoms with Gasteiger partial charge in [-0.3, -0.25) is 0 Å². The Labute approximate surface area is 95.7 Å². The highest BCUT2D eigenvalue weighted by Gasteiger charge is 2.01. The molecule has 80 valence electrons. The van der Waals surface area contributed by atoms with E-state index < -0.39 is 0 Å². The van der Waals surface area contributed by atoms with Crippen LogP contribution in [0.2, 0.25) is 0 Å². The lowest BCUT2D eigenvalue weighted by Crippen LogP contribution is -2.12. The Bertz CT molecular complexity index is 368. The normalized spacial score (nSPS) is 11.9. The van der Waals surface area contributed by atoms with Crippen molar-refractivity contribution in [3.63, 3.8) is 0 Å². The minimum Gasteiger partial charge on any atom is -0.384 e. The second-order valence-electron chi connectivity index (χ2n) is 3.57. The summed E-state index contributed by atoms with van der Waals surface area (Å²) in [6.07, 6.45) is 2.11. The van der Waals surface area contributed by atoms with E-state index in [1.807, 2.05) is 36.9 Å². The predicted octanol–water partition coefficient (Wildman–Crippen LogP) is 3.03. The molecule has 0 bridgehead atoms. The number of rotatable bonds is 4. The number of nitrogens with zero attached hydrogens (tertiary/aromatic N) is 1. The molecule has 0 aliphatic carbocycles. The Morgan fingerprint density at radius 2 is 2.27 bits per heavy atom. The molecule has 2 nitrogen and oxygen atoms in total. The van der Waals surface area contributed by atoms with Crippen LogP contribution in [-0.2, 0) is 0 Å². The number of aryl methyl sites for hydroxylation is 1. The van der Waals surface area contributed by atoms with Crippen molar-refractivity contribution >= 4 is 17.4 Å². The van der Waals surface area contributed by atoms with Gasteiger partial charge in [0.05, 0.1) is 11.6 Å². The number of anilines is 1. The second-order valence-corrected chi connectivity index (χ2v) is 4.84. The average molecular weight is 220 g/mol. The molecule has 1 aromatic rings. The van der Waals surface area contributed by atoms with Crippen molar-refractivity contribution in [1.29, 1.82) is 5.26 Å². The van der Waals surface area contributed by atoms with Gasteiger partial charge in [0, 0.05) is 17.5 Å². The van der Waals surface area contributed by atoms with Crippen molar-refractivity contribution < 1.29 is 0 Å². The van der Waals surface area contributed by atoms with Crippen molar-refractivity contribution in [2.45, 2.75) is 19.1 Å². The summed E-state index contributed by atoms with van der Waals surface area (Å²) >= 11 is 1.84. The van der Waals surface area contributed by atoms with Crippen molar-refractivity contribution in [3.8, 4) is 6.07 Å². The summed E-state index contributed by atoms with van der Waals surface area (Å²) < 4.78 is 0. The van der Waals surface area contributed by atoms with E-state index in [4.69, 9.17) is 5.26 Å². The van der Waals surface area contributed by atoms with Crippen LogP contribution in [0.1, 0.15) is 18.1 Å². The van der Waals surface area contributed by atoms with Crippen LogP contribution >= 0.6 is 11.8 Å². The van der Waals surface area contributed by atoms with Crippen molar-refractivity contribution in [1.82, 2.24) is 0 Å². The Morgan fingerprint density at radius 3 is 2.80 bits per heavy atom. The smallest absolute Gasteiger partial charge is 0.0994 e. The Morgan fingerprint density at radius 1 is 1.53 bits per heavy atom. The molecule has 1 N–H and O–H groups in total. The van der Waals surface area contributed by atoms with E-state index in [0.29, 0.717) is 5.25 Å². The topological polar surface area (TPSA) is 35.8 Å². The summed E-state index contributed by atoms with van der Waals surface area (Å²) in [5.41, 5.74) is 2.87. The molecule has 0 aliphatic rings. The molecule has 0 radical (unpaired) electrons. The fourth-order valence-corrected chi connectivity index (χ4v) is 1.49. The summed E-state index contributed by atoms with van der Waals surface area (Å²) in [6, 6.07) is 8.01. The van der Waals surface area contributed by atoms with Gasteiger partial charge in [0.2, 0.25) is 0 Å². The zero-order valence-electron chi connectivity index (χ0n) is 9.37. The Hall–Kier alpha value is -1.14. The summed E-state index contributed by atoms with van der Waals surface area (Å²) in [4.78, 5) is 0. The zero-order chi connectivity index (χ0) is 11.3. The quantitative estimate of drug-likeness (QED) is 0.847. The van der Waals surface area contributed by atoms with Crippen LogP contribution in [0.15, 0.2) is 18.2 Å². The van der Waals surface area contributed by atoms with Crippen LogP contribution in [0.25, 0.3) is 0 Å². The number of nitrogens with one attached hydrogen (secondary N) is 1. The molecule has 15 heavy (non-hydrogen) atoms. The van der Waals surface area contributed by atoms with Gasteiger partial charge in [0.15, 0.2) is 0 Å². The fourth-order valence-electron chi connectivity index (χ4n) is 1.24. The van der Waals surface area contributed by atoms with Crippen molar-refractivity contribution in [2.75, 3.05) is 18.1 Å². The van der Waals surface area contributed by atoms with E-state index in [2.05, 4.69) is 24.6 Å². The number of benzene rings is 1. The number of hydrogen-bond acceptors (Lipinski definition) is 3. The van der Waals surface area contributed by atoms with E-state index in [0.717, 1.165) is 23.4 Å². The minimum atomic E-state index is 0.598. The molecule has 0 spiro atoms. The van der Waals surface area contributed by atoms with Crippen molar-refractivity contribution in [2.24, 2.45) is 0 Å². The first kappa shape index (κ1) is 11.9. The van der Waals surface area contributed by atoms with Gasteiger partial charge < -0.3 is 5.32 Å². The maximum Gasteiger partial charge on any atom is 0.0994 e. The predicted molar refractivity (Wildman–Crippen MR) is 67.4 cm³/mol. The third-order valence-electron chi connectivity index (χ3n) is 2.34. The minimum absolute atomic E-state index is 0.598. The van der Waals surface area contributed by atoms with Crippen LogP contribution in [-0.4, -0.2) is 18.1 Å². The lowest BCUT2D eigenvalue weighted by molar-refractivity contribution is 1.00. The summed E-state index contributed by atoms with van der Waals surface area (Å²) in [6.45, 7) is 5.10. The van der Waals surface area contributed by atoms with Crippen LogP contribution in [0, 0.1) is 18.3 Å². The average Bonchev–Trinajstić information content (AvgIpc) is 2.26.